The highest BCUT2D eigenvalue weighted by atomic mass is 16.5. The Labute approximate surface area is 132 Å². The van der Waals surface area contributed by atoms with Gasteiger partial charge >= 0.3 is 0 Å². The van der Waals surface area contributed by atoms with Crippen LogP contribution < -0.4 is 0 Å². The van der Waals surface area contributed by atoms with Gasteiger partial charge in [0.15, 0.2) is 0 Å². The van der Waals surface area contributed by atoms with Crippen LogP contribution >= 0.6 is 0 Å². The normalized spacial score (nSPS) is 47.2. The summed E-state index contributed by atoms with van der Waals surface area (Å²) in [4.78, 5) is 2.35. The average molecular weight is 299 g/mol. The van der Waals surface area contributed by atoms with Crippen molar-refractivity contribution >= 4 is 0 Å². The van der Waals surface area contributed by atoms with Crippen molar-refractivity contribution in [3.05, 3.63) is 48.1 Å². The van der Waals surface area contributed by atoms with E-state index in [1.807, 2.05) is 6.08 Å². The van der Waals surface area contributed by atoms with E-state index in [-0.39, 0.29) is 30.0 Å². The van der Waals surface area contributed by atoms with Crippen LogP contribution in [-0.2, 0) is 4.74 Å². The molecule has 22 heavy (non-hydrogen) atoms. The number of ether oxygens (including phenoxy) is 1. The van der Waals surface area contributed by atoms with Crippen molar-refractivity contribution in [2.75, 3.05) is 20.1 Å². The lowest BCUT2D eigenvalue weighted by Gasteiger charge is -2.49. The number of piperidine rings is 1. The van der Waals surface area contributed by atoms with Crippen LogP contribution in [0.25, 0.3) is 0 Å². The molecule has 3 heteroatoms. The van der Waals surface area contributed by atoms with Crippen LogP contribution in [0.2, 0.25) is 0 Å². The zero-order valence-corrected chi connectivity index (χ0v) is 13.4. The standard InChI is InChI=1S/C19H25NO2/c1-13-6-5-7-14-16-12-20(2)11-10-19(16,21)15-8-3-4-9-17(15)22-18(13)14/h3-9,14-18,21H,10-12H2,1-2H3/t14?,15?,16-,17?,18?,19+/m0/s1. The van der Waals surface area contributed by atoms with Crippen molar-refractivity contribution in [3.8, 4) is 0 Å². The summed E-state index contributed by atoms with van der Waals surface area (Å²) in [5.41, 5.74) is 0.589. The van der Waals surface area contributed by atoms with Crippen molar-refractivity contribution in [1.29, 1.82) is 0 Å². The quantitative estimate of drug-likeness (QED) is 0.745. The fourth-order valence-electron chi connectivity index (χ4n) is 4.72. The number of likely N-dealkylation sites (tertiary alicyclic amines) is 1. The molecular formula is C19H25NO2. The van der Waals surface area contributed by atoms with E-state index in [2.05, 4.69) is 55.3 Å². The molecule has 2 heterocycles. The second kappa shape index (κ2) is 5.19. The van der Waals surface area contributed by atoms with Crippen molar-refractivity contribution in [1.82, 2.24) is 4.90 Å². The molecule has 2 fully saturated rings. The summed E-state index contributed by atoms with van der Waals surface area (Å²) in [5, 5.41) is 11.7. The molecule has 0 amide bonds. The molecule has 4 aliphatic rings. The van der Waals surface area contributed by atoms with Crippen LogP contribution in [0.1, 0.15) is 13.3 Å². The third-order valence-electron chi connectivity index (χ3n) is 5.97. The first kappa shape index (κ1) is 14.4. The molecule has 0 saturated carbocycles. The van der Waals surface area contributed by atoms with Gasteiger partial charge in [0.25, 0.3) is 0 Å². The monoisotopic (exact) mass is 299 g/mol. The lowest BCUT2D eigenvalue weighted by atomic mass is 9.64. The number of rotatable bonds is 0. The van der Waals surface area contributed by atoms with E-state index >= 15 is 0 Å². The van der Waals surface area contributed by atoms with Gasteiger partial charge in [0, 0.05) is 30.8 Å². The van der Waals surface area contributed by atoms with Gasteiger partial charge in [-0.25, -0.2) is 0 Å². The highest BCUT2D eigenvalue weighted by molar-refractivity contribution is 5.30. The molecule has 0 radical (unpaired) electrons. The lowest BCUT2D eigenvalue weighted by Crippen LogP contribution is -2.58. The lowest BCUT2D eigenvalue weighted by molar-refractivity contribution is -0.109. The first-order valence-electron chi connectivity index (χ1n) is 8.36. The summed E-state index contributed by atoms with van der Waals surface area (Å²) in [6, 6.07) is 0. The van der Waals surface area contributed by atoms with Crippen molar-refractivity contribution in [3.63, 3.8) is 0 Å². The van der Waals surface area contributed by atoms with E-state index in [9.17, 15) is 5.11 Å². The summed E-state index contributed by atoms with van der Waals surface area (Å²) in [6.45, 7) is 4.03. The Balaban J connectivity index is 1.80. The minimum Gasteiger partial charge on any atom is -0.389 e. The maximum absolute atomic E-state index is 11.7. The topological polar surface area (TPSA) is 32.7 Å². The molecule has 6 atom stereocenters. The molecule has 0 spiro atoms. The van der Waals surface area contributed by atoms with E-state index in [1.165, 1.54) is 5.57 Å². The number of hydrogen-bond acceptors (Lipinski definition) is 3. The zero-order valence-electron chi connectivity index (χ0n) is 13.4. The summed E-state index contributed by atoms with van der Waals surface area (Å²) in [5.74, 6) is 0.524. The third kappa shape index (κ3) is 2.07. The average Bonchev–Trinajstić information content (AvgIpc) is 2.62. The molecule has 3 nitrogen and oxygen atoms in total. The van der Waals surface area contributed by atoms with Gasteiger partial charge in [-0.3, -0.25) is 0 Å². The molecule has 4 rings (SSSR count). The molecule has 0 aromatic carbocycles. The molecule has 118 valence electrons. The molecule has 4 unspecified atom stereocenters. The summed E-state index contributed by atoms with van der Waals surface area (Å²) in [7, 11) is 2.16. The van der Waals surface area contributed by atoms with E-state index < -0.39 is 5.60 Å². The molecular weight excluding hydrogens is 274 g/mol. The van der Waals surface area contributed by atoms with Crippen LogP contribution in [-0.4, -0.2) is 48.0 Å². The summed E-state index contributed by atoms with van der Waals surface area (Å²) < 4.78 is 6.49. The van der Waals surface area contributed by atoms with Crippen LogP contribution in [0.3, 0.4) is 0 Å². The Morgan fingerprint density at radius 1 is 1.23 bits per heavy atom. The Hall–Kier alpha value is -1.16. The minimum atomic E-state index is -0.681. The molecule has 0 bridgehead atoms. The molecule has 2 aliphatic heterocycles. The van der Waals surface area contributed by atoms with Gasteiger partial charge in [-0.1, -0.05) is 42.5 Å². The van der Waals surface area contributed by atoms with E-state index in [4.69, 9.17) is 4.74 Å². The van der Waals surface area contributed by atoms with Gasteiger partial charge in [-0.2, -0.15) is 0 Å². The maximum Gasteiger partial charge on any atom is 0.0860 e. The summed E-state index contributed by atoms with van der Waals surface area (Å²) in [6.07, 6.45) is 15.8. The summed E-state index contributed by atoms with van der Waals surface area (Å²) >= 11 is 0. The Morgan fingerprint density at radius 2 is 2.05 bits per heavy atom. The predicted molar refractivity (Wildman–Crippen MR) is 87.4 cm³/mol. The fourth-order valence-corrected chi connectivity index (χ4v) is 4.72. The van der Waals surface area contributed by atoms with Crippen LogP contribution in [0.15, 0.2) is 48.1 Å². The number of nitrogens with zero attached hydrogens (tertiary/aromatic N) is 1. The second-order valence-electron chi connectivity index (χ2n) is 7.30. The highest BCUT2D eigenvalue weighted by Gasteiger charge is 2.55. The first-order valence-corrected chi connectivity index (χ1v) is 8.36. The van der Waals surface area contributed by atoms with Gasteiger partial charge in [-0.05, 0) is 26.0 Å². The Morgan fingerprint density at radius 3 is 2.91 bits per heavy atom. The van der Waals surface area contributed by atoms with E-state index in [0.29, 0.717) is 0 Å². The highest BCUT2D eigenvalue weighted by Crippen LogP contribution is 2.48. The SMILES string of the molecule is CC1=CC=CC2C1OC1C=CC=CC1[C@]1(O)CCN(C)C[C@@H]21. The Kier molecular flexibility index (Phi) is 3.40. The number of allylic oxidation sites excluding steroid dienone is 4. The van der Waals surface area contributed by atoms with Crippen molar-refractivity contribution in [2.24, 2.45) is 17.8 Å². The van der Waals surface area contributed by atoms with Gasteiger partial charge < -0.3 is 14.7 Å². The van der Waals surface area contributed by atoms with Crippen LogP contribution in [0, 0.1) is 17.8 Å². The smallest absolute Gasteiger partial charge is 0.0860 e. The van der Waals surface area contributed by atoms with Gasteiger partial charge in [0.2, 0.25) is 0 Å². The van der Waals surface area contributed by atoms with Crippen molar-refractivity contribution in [2.45, 2.75) is 31.2 Å². The first-order chi connectivity index (χ1) is 10.6. The third-order valence-corrected chi connectivity index (χ3v) is 5.97. The van der Waals surface area contributed by atoms with Crippen LogP contribution in [0.4, 0.5) is 0 Å². The van der Waals surface area contributed by atoms with Crippen LogP contribution in [0.5, 0.6) is 0 Å². The Bertz CT molecular complexity index is 576. The molecule has 2 aliphatic carbocycles. The van der Waals surface area contributed by atoms with Crippen molar-refractivity contribution < 1.29 is 9.84 Å². The van der Waals surface area contributed by atoms with Gasteiger partial charge in [0.1, 0.15) is 0 Å². The number of fused-ring (bicyclic) bond motifs is 5. The zero-order chi connectivity index (χ0) is 15.3. The van der Waals surface area contributed by atoms with Gasteiger partial charge in [0.05, 0.1) is 17.8 Å². The molecule has 2 saturated heterocycles. The number of aliphatic hydroxyl groups is 1. The largest absolute Gasteiger partial charge is 0.389 e. The number of hydrogen-bond donors (Lipinski definition) is 1. The molecule has 0 aromatic rings. The molecule has 1 N–H and O–H groups in total. The van der Waals surface area contributed by atoms with E-state index in [0.717, 1.165) is 19.5 Å². The van der Waals surface area contributed by atoms with E-state index in [1.54, 1.807) is 0 Å². The predicted octanol–water partition coefficient (Wildman–Crippen LogP) is 2.31. The molecule has 0 aromatic heterocycles. The minimum absolute atomic E-state index is 0.0224. The fraction of sp³-hybridized carbons (Fsp3) is 0.579. The maximum atomic E-state index is 11.7. The second-order valence-corrected chi connectivity index (χ2v) is 7.30. The van der Waals surface area contributed by atoms with Gasteiger partial charge in [-0.15, -0.1) is 0 Å².